The molecule has 0 radical (unpaired) electrons. The largest absolute Gasteiger partial charge is 0.439 e. The van der Waals surface area contributed by atoms with Gasteiger partial charge in [0.25, 0.3) is 5.91 Å². The minimum Gasteiger partial charge on any atom is -0.439 e. The third-order valence-corrected chi connectivity index (χ3v) is 5.57. The summed E-state index contributed by atoms with van der Waals surface area (Å²) in [5.74, 6) is 0.579. The number of pyridine rings is 1. The van der Waals surface area contributed by atoms with E-state index in [0.29, 0.717) is 43.3 Å². The summed E-state index contributed by atoms with van der Waals surface area (Å²) < 4.78 is 19.0. The number of amides is 1. The van der Waals surface area contributed by atoms with E-state index in [1.807, 2.05) is 30.3 Å². The fraction of sp³-hybridized carbons (Fsp3) is 0.154. The summed E-state index contributed by atoms with van der Waals surface area (Å²) in [4.78, 5) is 28.3. The van der Waals surface area contributed by atoms with E-state index < -0.39 is 0 Å². The number of carbonyl (C=O) groups is 1. The third kappa shape index (κ3) is 4.72. The van der Waals surface area contributed by atoms with Crippen LogP contribution in [0.1, 0.15) is 33.0 Å². The van der Waals surface area contributed by atoms with E-state index in [1.54, 1.807) is 41.6 Å². The topological polar surface area (TPSA) is 68.2 Å². The summed E-state index contributed by atoms with van der Waals surface area (Å²) in [7, 11) is 0. The second kappa shape index (κ2) is 9.16. The highest BCUT2D eigenvalue weighted by Crippen LogP contribution is 2.24. The molecule has 1 aliphatic heterocycles. The molecule has 4 aromatic rings. The van der Waals surface area contributed by atoms with Crippen LogP contribution in [0.4, 0.5) is 4.39 Å². The standard InChI is InChI=1S/C26H21FN4O2/c27-19-11-9-18(10-12-19)15-24-21-16-31(14-13-22(21)28-17-29-24)26(32)23-7-4-8-25(30-23)33-20-5-2-1-3-6-20/h1-12,17H,13-16H2. The number of hydrogen-bond acceptors (Lipinski definition) is 5. The number of ether oxygens (including phenoxy) is 1. The van der Waals surface area contributed by atoms with Gasteiger partial charge in [-0.15, -0.1) is 0 Å². The van der Waals surface area contributed by atoms with E-state index in [9.17, 15) is 9.18 Å². The second-order valence-corrected chi connectivity index (χ2v) is 7.80. The van der Waals surface area contributed by atoms with Gasteiger partial charge in [-0.3, -0.25) is 4.79 Å². The fourth-order valence-corrected chi connectivity index (χ4v) is 3.88. The van der Waals surface area contributed by atoms with Gasteiger partial charge in [0.1, 0.15) is 23.6 Å². The van der Waals surface area contributed by atoms with E-state index in [2.05, 4.69) is 15.0 Å². The molecule has 0 N–H and O–H groups in total. The number of fused-ring (bicyclic) bond motifs is 1. The van der Waals surface area contributed by atoms with Crippen molar-refractivity contribution in [2.45, 2.75) is 19.4 Å². The van der Waals surface area contributed by atoms with Crippen LogP contribution in [0.2, 0.25) is 0 Å². The van der Waals surface area contributed by atoms with Gasteiger partial charge in [-0.2, -0.15) is 0 Å². The van der Waals surface area contributed by atoms with Crippen molar-refractivity contribution in [2.75, 3.05) is 6.54 Å². The zero-order valence-electron chi connectivity index (χ0n) is 17.8. The average Bonchev–Trinajstić information content (AvgIpc) is 2.86. The minimum atomic E-state index is -0.272. The molecule has 0 unspecified atom stereocenters. The Kier molecular flexibility index (Phi) is 5.76. The summed E-state index contributed by atoms with van der Waals surface area (Å²) in [6.07, 6.45) is 2.74. The van der Waals surface area contributed by atoms with Gasteiger partial charge < -0.3 is 9.64 Å². The van der Waals surface area contributed by atoms with Crippen LogP contribution in [0.3, 0.4) is 0 Å². The highest BCUT2D eigenvalue weighted by Gasteiger charge is 2.26. The van der Waals surface area contributed by atoms with Gasteiger partial charge >= 0.3 is 0 Å². The molecule has 2 aromatic carbocycles. The Labute approximate surface area is 190 Å². The highest BCUT2D eigenvalue weighted by atomic mass is 19.1. The SMILES string of the molecule is O=C(c1cccc(Oc2ccccc2)n1)N1CCc2ncnc(Cc3ccc(F)cc3)c2C1. The summed E-state index contributed by atoms with van der Waals surface area (Å²) in [6, 6.07) is 20.9. The Bertz CT molecular complexity index is 1280. The highest BCUT2D eigenvalue weighted by molar-refractivity contribution is 5.92. The number of rotatable bonds is 5. The Morgan fingerprint density at radius 3 is 2.61 bits per heavy atom. The monoisotopic (exact) mass is 440 g/mol. The van der Waals surface area contributed by atoms with Crippen LogP contribution in [-0.4, -0.2) is 32.3 Å². The Balaban J connectivity index is 1.35. The van der Waals surface area contributed by atoms with Gasteiger partial charge in [0.15, 0.2) is 0 Å². The van der Waals surface area contributed by atoms with Crippen LogP contribution in [0.5, 0.6) is 11.6 Å². The maximum Gasteiger partial charge on any atom is 0.272 e. The molecule has 6 nitrogen and oxygen atoms in total. The molecule has 0 atom stereocenters. The number of halogens is 1. The lowest BCUT2D eigenvalue weighted by Gasteiger charge is -2.29. The van der Waals surface area contributed by atoms with Gasteiger partial charge in [-0.05, 0) is 35.9 Å². The van der Waals surface area contributed by atoms with Gasteiger partial charge in [-0.1, -0.05) is 36.4 Å². The number of para-hydroxylation sites is 1. The minimum absolute atomic E-state index is 0.171. The molecule has 2 aromatic heterocycles. The first-order valence-corrected chi connectivity index (χ1v) is 10.7. The lowest BCUT2D eigenvalue weighted by molar-refractivity contribution is 0.0726. The molecule has 164 valence electrons. The Hall–Kier alpha value is -4.13. The van der Waals surface area contributed by atoms with Crippen LogP contribution in [-0.2, 0) is 19.4 Å². The van der Waals surface area contributed by atoms with Crippen LogP contribution in [0, 0.1) is 5.82 Å². The van der Waals surface area contributed by atoms with Crippen LogP contribution in [0.15, 0.2) is 79.1 Å². The van der Waals surface area contributed by atoms with Crippen LogP contribution < -0.4 is 4.74 Å². The molecule has 7 heteroatoms. The van der Waals surface area contributed by atoms with E-state index >= 15 is 0 Å². The first-order valence-electron chi connectivity index (χ1n) is 10.7. The Morgan fingerprint density at radius 2 is 1.79 bits per heavy atom. The summed E-state index contributed by atoms with van der Waals surface area (Å²) in [5, 5.41) is 0. The van der Waals surface area contributed by atoms with Crippen molar-refractivity contribution in [2.24, 2.45) is 0 Å². The number of nitrogens with zero attached hydrogens (tertiary/aromatic N) is 4. The number of benzene rings is 2. The predicted octanol–water partition coefficient (Wildman–Crippen LogP) is 4.59. The van der Waals surface area contributed by atoms with Gasteiger partial charge in [0.05, 0.1) is 11.4 Å². The van der Waals surface area contributed by atoms with Crippen molar-refractivity contribution in [3.8, 4) is 11.6 Å². The van der Waals surface area contributed by atoms with Gasteiger partial charge in [-0.25, -0.2) is 19.3 Å². The molecule has 3 heterocycles. The van der Waals surface area contributed by atoms with E-state index in [-0.39, 0.29) is 11.7 Å². The lowest BCUT2D eigenvalue weighted by atomic mass is 9.99. The quantitative estimate of drug-likeness (QED) is 0.454. The van der Waals surface area contributed by atoms with Crippen molar-refractivity contribution in [1.29, 1.82) is 0 Å². The molecule has 1 aliphatic rings. The van der Waals surface area contributed by atoms with Crippen molar-refractivity contribution in [3.63, 3.8) is 0 Å². The first kappa shape index (κ1) is 20.8. The molecule has 1 amide bonds. The van der Waals surface area contributed by atoms with E-state index in [4.69, 9.17) is 4.74 Å². The molecule has 0 fully saturated rings. The van der Waals surface area contributed by atoms with Crippen molar-refractivity contribution in [1.82, 2.24) is 19.9 Å². The predicted molar refractivity (Wildman–Crippen MR) is 120 cm³/mol. The summed E-state index contributed by atoms with van der Waals surface area (Å²) in [6.45, 7) is 0.946. The van der Waals surface area contributed by atoms with Crippen molar-refractivity contribution in [3.05, 3.63) is 113 Å². The zero-order chi connectivity index (χ0) is 22.6. The molecular formula is C26H21FN4O2. The molecule has 0 spiro atoms. The molecule has 0 saturated carbocycles. The number of aromatic nitrogens is 3. The smallest absolute Gasteiger partial charge is 0.272 e. The van der Waals surface area contributed by atoms with Gasteiger partial charge in [0, 0.05) is 37.6 Å². The van der Waals surface area contributed by atoms with Crippen LogP contribution in [0.25, 0.3) is 0 Å². The van der Waals surface area contributed by atoms with E-state index in [1.165, 1.54) is 12.1 Å². The lowest BCUT2D eigenvalue weighted by Crippen LogP contribution is -2.37. The maximum absolute atomic E-state index is 13.3. The van der Waals surface area contributed by atoms with E-state index in [0.717, 1.165) is 22.5 Å². The van der Waals surface area contributed by atoms with Crippen molar-refractivity contribution < 1.29 is 13.9 Å². The summed E-state index contributed by atoms with van der Waals surface area (Å²) >= 11 is 0. The second-order valence-electron chi connectivity index (χ2n) is 7.80. The number of carbonyl (C=O) groups excluding carboxylic acids is 1. The average molecular weight is 440 g/mol. The van der Waals surface area contributed by atoms with Crippen molar-refractivity contribution >= 4 is 5.91 Å². The fourth-order valence-electron chi connectivity index (χ4n) is 3.88. The first-order chi connectivity index (χ1) is 16.2. The van der Waals surface area contributed by atoms with Crippen LogP contribution >= 0.6 is 0 Å². The maximum atomic E-state index is 13.3. The number of hydrogen-bond donors (Lipinski definition) is 0. The molecule has 0 aliphatic carbocycles. The molecule has 5 rings (SSSR count). The van der Waals surface area contributed by atoms with Gasteiger partial charge in [0.2, 0.25) is 5.88 Å². The Morgan fingerprint density at radius 1 is 0.970 bits per heavy atom. The molecule has 33 heavy (non-hydrogen) atoms. The molecule has 0 saturated heterocycles. The molecular weight excluding hydrogens is 419 g/mol. The molecule has 0 bridgehead atoms. The normalized spacial score (nSPS) is 12.8. The summed E-state index contributed by atoms with van der Waals surface area (Å²) in [5.41, 5.74) is 4.01. The third-order valence-electron chi connectivity index (χ3n) is 5.57. The zero-order valence-corrected chi connectivity index (χ0v) is 17.8.